The Kier molecular flexibility index (Phi) is 2.98. The van der Waals surface area contributed by atoms with Gasteiger partial charge in [0, 0.05) is 0 Å². The van der Waals surface area contributed by atoms with Gasteiger partial charge in [-0.1, -0.05) is 0 Å². The maximum absolute atomic E-state index is 4.41. The average Bonchev–Trinajstić information content (AvgIpc) is 4.06. The fourth-order valence-corrected chi connectivity index (χ4v) is 151. The molecule has 12 saturated heterocycles. The van der Waals surface area contributed by atoms with Gasteiger partial charge in [0.2, 0.25) is 0 Å². The minimum atomic E-state index is -4.12. The molecule has 20 fully saturated rings. The number of rotatable bonds is 8. The summed E-state index contributed by atoms with van der Waals surface area (Å²) < 4.78 is 2.76. The monoisotopic (exact) mass is 786 g/mol. The molecular formula is C43H68FeN4P2Si. The van der Waals surface area contributed by atoms with E-state index in [1.807, 2.05) is 6.16 Å². The summed E-state index contributed by atoms with van der Waals surface area (Å²) in [6, 6.07) is 1.30. The number of hydrogen-bond acceptors (Lipinski definition) is 4. The predicted molar refractivity (Wildman–Crippen MR) is 213 cm³/mol. The third kappa shape index (κ3) is 0.989. The molecule has 8 atom stereocenters. The number of fused-ring (bicyclic) bond motifs is 10. The van der Waals surface area contributed by atoms with E-state index in [0.29, 0.717) is 17.2 Å². The van der Waals surface area contributed by atoms with E-state index in [0.717, 1.165) is 59.9 Å². The van der Waals surface area contributed by atoms with E-state index in [9.17, 15) is 0 Å². The molecule has 4 nitrogen and oxygen atoms in total. The molecule has 0 aromatic carbocycles. The van der Waals surface area contributed by atoms with E-state index in [4.69, 9.17) is 0 Å². The first-order valence-corrected chi connectivity index (χ1v) is 35.0. The third-order valence-electron chi connectivity index (χ3n) is 29.8. The molecule has 12 heterocycles. The van der Waals surface area contributed by atoms with Crippen LogP contribution in [-0.2, 0) is 6.51 Å². The van der Waals surface area contributed by atoms with Gasteiger partial charge in [-0.25, -0.2) is 0 Å². The second-order valence-corrected chi connectivity index (χ2v) is 59.4. The fourth-order valence-electron chi connectivity index (χ4n) is 33.4. The Hall–Kier alpha value is 1.44. The molecule has 0 amide bonds. The van der Waals surface area contributed by atoms with E-state index in [-0.39, 0.29) is 7.92 Å². The molecule has 0 aromatic heterocycles. The molecule has 0 radical (unpaired) electrons. The predicted octanol–water partition coefficient (Wildman–Crippen LogP) is 8.23. The van der Waals surface area contributed by atoms with Gasteiger partial charge in [-0.15, -0.1) is 0 Å². The van der Waals surface area contributed by atoms with Crippen molar-refractivity contribution in [2.75, 3.05) is 45.4 Å². The van der Waals surface area contributed by atoms with Crippen molar-refractivity contribution in [2.45, 2.75) is 159 Å². The molecule has 4 N–H and O–H groups in total. The number of nitrogens with one attached hydrogen (secondary N) is 4. The summed E-state index contributed by atoms with van der Waals surface area (Å²) in [6.45, 7) is 12.1. The summed E-state index contributed by atoms with van der Waals surface area (Å²) in [5.74, 6) is 9.20. The molecule has 282 valence electrons. The van der Waals surface area contributed by atoms with Crippen molar-refractivity contribution >= 4 is 25.2 Å². The molecule has 8 bridgehead atoms. The zero-order valence-corrected chi connectivity index (χ0v) is 36.0. The maximum atomic E-state index is 4.41. The first-order chi connectivity index (χ1) is 24.5. The van der Waals surface area contributed by atoms with Crippen molar-refractivity contribution in [3.8, 4) is 0 Å². The van der Waals surface area contributed by atoms with Crippen molar-refractivity contribution in [1.29, 1.82) is 0 Å². The normalized spacial score (nSPS) is 81.0. The van der Waals surface area contributed by atoms with Crippen molar-refractivity contribution in [2.24, 2.45) is 47.3 Å². The van der Waals surface area contributed by atoms with Crippen LogP contribution in [0.2, 0.25) is 65.9 Å². The van der Waals surface area contributed by atoms with E-state index in [1.54, 1.807) is 64.2 Å². The van der Waals surface area contributed by atoms with Gasteiger partial charge in [0.25, 0.3) is 0 Å². The van der Waals surface area contributed by atoms with Gasteiger partial charge < -0.3 is 0 Å². The van der Waals surface area contributed by atoms with Crippen LogP contribution in [0.15, 0.2) is 0 Å². The SMILES string of the molecule is C[Si](C)(C)[C]12[CH]3[C]4(CP(C5C6CC7CC(C6)CC5C7)C5C6CC7CC(C6)CC5C7)[C]5(C(P)(C6CNCCN6)C6CNCCN6)[CH]1[Fe]34521678[CH]2[CH]1[CH]6[CH]7[CH]28. The second-order valence-electron chi connectivity index (χ2n) is 27.1. The van der Waals surface area contributed by atoms with Crippen LogP contribution in [0.5, 0.6) is 0 Å². The molecule has 51 heavy (non-hydrogen) atoms. The van der Waals surface area contributed by atoms with Gasteiger partial charge in [-0.2, -0.15) is 0 Å². The summed E-state index contributed by atoms with van der Waals surface area (Å²) in [5.41, 5.74) is 2.41. The molecule has 8 saturated carbocycles. The molecule has 20 rings (SSSR count). The molecule has 8 heteroatoms. The Morgan fingerprint density at radius 2 is 1.06 bits per heavy atom. The van der Waals surface area contributed by atoms with Crippen molar-refractivity contribution in [3.63, 3.8) is 0 Å². The standard InChI is InChI=1S/C38H63N4P2Si.C5H5.Fe/c1-45(2,3)32-18-31(33(19-32)38(43,34-20-39-4-6-41-34)35-21-40-5-7-42-35)22-44(36-27-10-23-8-24(12-27)13-28(36)11-23)37-29-14-25-9-26(16-29)17-30(37)15-25;1-2-4-5-3-1;/h18-19,23-30,34-37,39-42H,4-17,20-22,43H2,1-3H3;1-5H;. The zero-order valence-electron chi connectivity index (χ0n) is 31.9. The van der Waals surface area contributed by atoms with Crippen LogP contribution >= 0.6 is 17.2 Å². The van der Waals surface area contributed by atoms with Gasteiger partial charge >= 0.3 is 304 Å². The Bertz CT molecular complexity index is 2040. The fraction of sp³-hybridized carbons (Fsp3) is 1.00. The zero-order chi connectivity index (χ0) is 33.2. The van der Waals surface area contributed by atoms with Gasteiger partial charge in [0.05, 0.1) is 0 Å². The van der Waals surface area contributed by atoms with Crippen molar-refractivity contribution < 1.29 is 6.51 Å². The van der Waals surface area contributed by atoms with Gasteiger partial charge in [-0.05, 0) is 0 Å². The molecular weight excluding hydrogens is 718 g/mol. The van der Waals surface area contributed by atoms with Crippen LogP contribution in [0, 0.1) is 47.3 Å². The van der Waals surface area contributed by atoms with E-state index >= 15 is 0 Å². The first kappa shape index (κ1) is 28.8. The van der Waals surface area contributed by atoms with Crippen molar-refractivity contribution in [1.82, 2.24) is 21.3 Å². The molecule has 8 aliphatic carbocycles. The third-order valence-corrected chi connectivity index (χ3v) is 88.9. The average molecular weight is 787 g/mol. The van der Waals surface area contributed by atoms with E-state index in [2.05, 4.69) is 50.1 Å². The molecule has 1 spiro atoms. The van der Waals surface area contributed by atoms with E-state index in [1.165, 1.54) is 84.3 Å². The molecule has 20 aliphatic rings. The van der Waals surface area contributed by atoms with Gasteiger partial charge in [0.15, 0.2) is 0 Å². The van der Waals surface area contributed by atoms with Crippen LogP contribution < -0.4 is 21.3 Å². The molecule has 8 unspecified atom stereocenters. The number of piperazine rings is 2. The Morgan fingerprint density at radius 1 is 0.627 bits per heavy atom. The quantitative estimate of drug-likeness (QED) is 0.148. The van der Waals surface area contributed by atoms with Crippen molar-refractivity contribution in [3.05, 3.63) is 0 Å². The summed E-state index contributed by atoms with van der Waals surface area (Å²) in [4.78, 5) is 9.64. The van der Waals surface area contributed by atoms with Gasteiger partial charge in [0.1, 0.15) is 0 Å². The Morgan fingerprint density at radius 3 is 1.41 bits per heavy atom. The van der Waals surface area contributed by atoms with E-state index < -0.39 is 14.6 Å². The molecule has 0 aromatic rings. The Labute approximate surface area is 302 Å². The minimum absolute atomic E-state index is 0.130. The Balaban J connectivity index is 0.895. The van der Waals surface area contributed by atoms with Crippen LogP contribution in [0.1, 0.15) is 64.2 Å². The van der Waals surface area contributed by atoms with Crippen LogP contribution in [0.4, 0.5) is 0 Å². The number of hydrogen-bond donors (Lipinski definition) is 4. The summed E-state index contributed by atoms with van der Waals surface area (Å²) in [7, 11) is 2.85. The van der Waals surface area contributed by atoms with Crippen LogP contribution in [0.25, 0.3) is 0 Å². The topological polar surface area (TPSA) is 48.1 Å². The van der Waals surface area contributed by atoms with Crippen LogP contribution in [0.3, 0.4) is 0 Å². The van der Waals surface area contributed by atoms with Crippen LogP contribution in [-0.4, -0.2) is 82.1 Å². The molecule has 12 aliphatic heterocycles. The second kappa shape index (κ2) is 5.28. The summed E-state index contributed by atoms with van der Waals surface area (Å²) in [5, 5.41) is 17.3. The first-order valence-electron chi connectivity index (χ1n) is 23.1. The van der Waals surface area contributed by atoms with Gasteiger partial charge in [-0.3, -0.25) is 0 Å². The summed E-state index contributed by atoms with van der Waals surface area (Å²) >= 11 is 0. The summed E-state index contributed by atoms with van der Waals surface area (Å²) in [6.07, 6.45) is 18.7.